The summed E-state index contributed by atoms with van der Waals surface area (Å²) in [7, 11) is 4.91. The average Bonchev–Trinajstić information content (AvgIpc) is 2.77. The third-order valence-corrected chi connectivity index (χ3v) is 6.37. The van der Waals surface area contributed by atoms with E-state index >= 15 is 0 Å². The number of hydrogen-bond donors (Lipinski definition) is 0. The molecule has 0 aliphatic carbocycles. The van der Waals surface area contributed by atoms with Gasteiger partial charge in [0.2, 0.25) is 0 Å². The minimum Gasteiger partial charge on any atom is -0.353 e. The van der Waals surface area contributed by atoms with Crippen LogP contribution in [-0.2, 0) is 14.1 Å². The number of aromatic nitrogens is 3. The zero-order chi connectivity index (χ0) is 22.4. The van der Waals surface area contributed by atoms with E-state index in [1.165, 1.54) is 36.9 Å². The molecule has 8 nitrogen and oxygen atoms in total. The van der Waals surface area contributed by atoms with Gasteiger partial charge in [0.15, 0.2) is 5.65 Å². The van der Waals surface area contributed by atoms with E-state index in [0.29, 0.717) is 28.9 Å². The van der Waals surface area contributed by atoms with Gasteiger partial charge in [-0.25, -0.2) is 14.2 Å². The predicted molar refractivity (Wildman–Crippen MR) is 120 cm³/mol. The number of likely N-dealkylation sites (N-methyl/N-ethyl adjacent to an activating group) is 1. The molecule has 1 saturated heterocycles. The van der Waals surface area contributed by atoms with Crippen LogP contribution in [0.15, 0.2) is 32.3 Å². The highest BCUT2D eigenvalue weighted by Crippen LogP contribution is 2.38. The standard InChI is InChI=1S/C21H20BrFN6O2/c1-26-6-8-29(9-7-26)18-14(11-24)16(13-10-12(23)4-5-15(13)22)17-19(25-18)27(2)21(31)28(3)20(17)30/h4-5,10H,6-9H2,1-3H3. The number of benzene rings is 1. The molecule has 1 aliphatic rings. The Hall–Kier alpha value is -3.03. The second-order valence-corrected chi connectivity index (χ2v) is 8.47. The number of pyridine rings is 1. The second kappa shape index (κ2) is 7.90. The summed E-state index contributed by atoms with van der Waals surface area (Å²) in [4.78, 5) is 34.5. The number of rotatable bonds is 2. The third-order valence-electron chi connectivity index (χ3n) is 5.68. The van der Waals surface area contributed by atoms with Crippen molar-refractivity contribution < 1.29 is 4.39 Å². The molecule has 3 aromatic rings. The summed E-state index contributed by atoms with van der Waals surface area (Å²) >= 11 is 3.43. The van der Waals surface area contributed by atoms with Crippen LogP contribution < -0.4 is 16.1 Å². The lowest BCUT2D eigenvalue weighted by atomic mass is 9.97. The fourth-order valence-corrected chi connectivity index (χ4v) is 4.33. The molecule has 0 amide bonds. The van der Waals surface area contributed by atoms with Gasteiger partial charge >= 0.3 is 5.69 Å². The molecule has 160 valence electrons. The molecule has 0 atom stereocenters. The highest BCUT2D eigenvalue weighted by atomic mass is 79.9. The molecule has 0 bridgehead atoms. The number of anilines is 1. The highest BCUT2D eigenvalue weighted by molar-refractivity contribution is 9.10. The van der Waals surface area contributed by atoms with E-state index in [1.807, 2.05) is 11.9 Å². The van der Waals surface area contributed by atoms with Crippen molar-refractivity contribution in [3.05, 3.63) is 54.9 Å². The molecule has 4 rings (SSSR count). The monoisotopic (exact) mass is 486 g/mol. The van der Waals surface area contributed by atoms with Gasteiger partial charge in [-0.05, 0) is 25.2 Å². The number of hydrogen-bond acceptors (Lipinski definition) is 6. The number of halogens is 2. The Morgan fingerprint density at radius 3 is 2.42 bits per heavy atom. The van der Waals surface area contributed by atoms with Gasteiger partial charge in [-0.1, -0.05) is 15.9 Å². The van der Waals surface area contributed by atoms with Crippen LogP contribution in [0.2, 0.25) is 0 Å². The van der Waals surface area contributed by atoms with Crippen LogP contribution in [0.25, 0.3) is 22.2 Å². The van der Waals surface area contributed by atoms with Crippen molar-refractivity contribution in [1.29, 1.82) is 5.26 Å². The minimum absolute atomic E-state index is 0.102. The Morgan fingerprint density at radius 1 is 1.10 bits per heavy atom. The molecule has 1 aliphatic heterocycles. The van der Waals surface area contributed by atoms with Gasteiger partial charge in [-0.3, -0.25) is 13.9 Å². The van der Waals surface area contributed by atoms with Crippen LogP contribution in [0.1, 0.15) is 5.56 Å². The van der Waals surface area contributed by atoms with Crippen LogP contribution in [0.5, 0.6) is 0 Å². The lowest BCUT2D eigenvalue weighted by molar-refractivity contribution is 0.312. The summed E-state index contributed by atoms with van der Waals surface area (Å²) in [6.45, 7) is 2.82. The zero-order valence-corrected chi connectivity index (χ0v) is 18.9. The van der Waals surface area contributed by atoms with Crippen molar-refractivity contribution in [1.82, 2.24) is 19.0 Å². The minimum atomic E-state index is -0.585. The number of nitriles is 1. The predicted octanol–water partition coefficient (Wildman–Crippen LogP) is 1.82. The number of aryl methyl sites for hydroxylation is 1. The van der Waals surface area contributed by atoms with Gasteiger partial charge in [-0.15, -0.1) is 0 Å². The maximum absolute atomic E-state index is 14.2. The molecule has 3 heterocycles. The summed E-state index contributed by atoms with van der Waals surface area (Å²) in [5.41, 5.74) is -0.146. The second-order valence-electron chi connectivity index (χ2n) is 7.62. The average molecular weight is 487 g/mol. The van der Waals surface area contributed by atoms with E-state index in [9.17, 15) is 19.2 Å². The summed E-state index contributed by atoms with van der Waals surface area (Å²) in [6.07, 6.45) is 0. The number of piperazine rings is 1. The van der Waals surface area contributed by atoms with E-state index in [-0.39, 0.29) is 22.2 Å². The largest absolute Gasteiger partial charge is 0.353 e. The topological polar surface area (TPSA) is 87.2 Å². The van der Waals surface area contributed by atoms with Crippen LogP contribution in [0, 0.1) is 17.1 Å². The lowest BCUT2D eigenvalue weighted by Crippen LogP contribution is -2.45. The zero-order valence-electron chi connectivity index (χ0n) is 17.3. The highest BCUT2D eigenvalue weighted by Gasteiger charge is 2.27. The van der Waals surface area contributed by atoms with Crippen LogP contribution in [0.4, 0.5) is 10.2 Å². The number of nitrogens with zero attached hydrogens (tertiary/aromatic N) is 6. The van der Waals surface area contributed by atoms with E-state index in [4.69, 9.17) is 0 Å². The molecule has 1 fully saturated rings. The fraction of sp³-hybridized carbons (Fsp3) is 0.333. The molecule has 0 radical (unpaired) electrons. The molecule has 1 aromatic carbocycles. The molecule has 0 spiro atoms. The molecule has 10 heteroatoms. The van der Waals surface area contributed by atoms with Crippen molar-refractivity contribution in [2.45, 2.75) is 0 Å². The first-order chi connectivity index (χ1) is 14.7. The van der Waals surface area contributed by atoms with Crippen molar-refractivity contribution in [3.63, 3.8) is 0 Å². The summed E-state index contributed by atoms with van der Waals surface area (Å²) in [5.74, 6) is -0.118. The fourth-order valence-electron chi connectivity index (χ4n) is 3.89. The molecular weight excluding hydrogens is 467 g/mol. The molecule has 31 heavy (non-hydrogen) atoms. The van der Waals surface area contributed by atoms with Gasteiger partial charge < -0.3 is 9.80 Å². The summed E-state index contributed by atoms with van der Waals surface area (Å²) < 4.78 is 17.0. The number of fused-ring (bicyclic) bond motifs is 1. The molecule has 0 unspecified atom stereocenters. The maximum Gasteiger partial charge on any atom is 0.332 e. The molecule has 0 saturated carbocycles. The van der Waals surface area contributed by atoms with E-state index in [2.05, 4.69) is 31.9 Å². The van der Waals surface area contributed by atoms with E-state index in [1.54, 1.807) is 0 Å². The quantitative estimate of drug-likeness (QED) is 0.549. The van der Waals surface area contributed by atoms with Gasteiger partial charge in [-0.2, -0.15) is 5.26 Å². The van der Waals surface area contributed by atoms with Gasteiger partial charge in [0.25, 0.3) is 5.56 Å². The van der Waals surface area contributed by atoms with E-state index in [0.717, 1.165) is 17.7 Å². The smallest absolute Gasteiger partial charge is 0.332 e. The molecular formula is C21H20BrFN6O2. The van der Waals surface area contributed by atoms with E-state index < -0.39 is 17.1 Å². The Morgan fingerprint density at radius 2 is 1.77 bits per heavy atom. The summed E-state index contributed by atoms with van der Waals surface area (Å²) in [6, 6.07) is 6.29. The Bertz CT molecular complexity index is 1370. The van der Waals surface area contributed by atoms with Crippen molar-refractivity contribution in [3.8, 4) is 17.2 Å². The normalized spacial score (nSPS) is 14.8. The first-order valence-corrected chi connectivity index (χ1v) is 10.5. The van der Waals surface area contributed by atoms with Crippen LogP contribution in [-0.4, -0.2) is 52.2 Å². The first-order valence-electron chi connectivity index (χ1n) is 9.67. The van der Waals surface area contributed by atoms with Crippen molar-refractivity contribution in [2.24, 2.45) is 14.1 Å². The summed E-state index contributed by atoms with van der Waals surface area (Å²) in [5, 5.41) is 10.2. The van der Waals surface area contributed by atoms with Gasteiger partial charge in [0.1, 0.15) is 23.3 Å². The Balaban J connectivity index is 2.20. The van der Waals surface area contributed by atoms with Crippen LogP contribution in [0.3, 0.4) is 0 Å². The lowest BCUT2D eigenvalue weighted by Gasteiger charge is -2.34. The van der Waals surface area contributed by atoms with Crippen molar-refractivity contribution in [2.75, 3.05) is 38.1 Å². The Labute approximate surface area is 185 Å². The SMILES string of the molecule is CN1CCN(c2nc3c(c(-c4cc(F)ccc4Br)c2C#N)c(=O)n(C)c(=O)n3C)CC1. The van der Waals surface area contributed by atoms with Gasteiger partial charge in [0, 0.05) is 55.9 Å². The van der Waals surface area contributed by atoms with Gasteiger partial charge in [0.05, 0.1) is 5.39 Å². The Kier molecular flexibility index (Phi) is 5.41. The van der Waals surface area contributed by atoms with Crippen LogP contribution >= 0.6 is 15.9 Å². The molecule has 2 aromatic heterocycles. The first kappa shape index (κ1) is 21.2. The van der Waals surface area contributed by atoms with Crippen molar-refractivity contribution >= 4 is 32.8 Å². The maximum atomic E-state index is 14.2. The molecule has 0 N–H and O–H groups in total. The third kappa shape index (κ3) is 3.43.